The average Bonchev–Trinajstić information content (AvgIpc) is 3.35. The number of carboxylic acid groups (broad SMARTS) is 1. The lowest BCUT2D eigenvalue weighted by Crippen LogP contribution is -2.71. The van der Waals surface area contributed by atoms with Gasteiger partial charge in [-0.15, -0.1) is 26.9 Å². The molecule has 34 heavy (non-hydrogen) atoms. The fourth-order valence-corrected chi connectivity index (χ4v) is 7.68. The number of aliphatic carboxylic acids is 1. The molecule has 6 N–H and O–H groups in total. The van der Waals surface area contributed by atoms with Crippen molar-refractivity contribution in [3.8, 4) is 0 Å². The summed E-state index contributed by atoms with van der Waals surface area (Å²) in [4.78, 5) is 54.3. The Kier molecular flexibility index (Phi) is 7.27. The molecule has 0 spiro atoms. The highest BCUT2D eigenvalue weighted by Crippen LogP contribution is 2.42. The zero-order valence-electron chi connectivity index (χ0n) is 16.8. The van der Waals surface area contributed by atoms with Crippen LogP contribution in [-0.2, 0) is 14.4 Å². The smallest absolute Gasteiger partial charge is 0.353 e. The standard InChI is InChI=1S/C16H15ClN8O5S4/c17-10-7(21-14(18)33-10)8(24-30)11(26)20-6-4-1-2-5(9(13(28)29)25(4)12(6)27)31-3-32-16-23-22-15(19)34-16/h4,6,8H,1-3H2,(H2,18,21)(H2,19,22)(H,20,26)(H,28,29)/t4-,6+,8?/m1/s1. The van der Waals surface area contributed by atoms with Crippen LogP contribution in [0.4, 0.5) is 10.3 Å². The molecule has 13 nitrogen and oxygen atoms in total. The molecule has 0 aliphatic carbocycles. The maximum absolute atomic E-state index is 12.8. The number of nitrogen functional groups attached to an aromatic ring is 2. The molecular formula is C16H15ClN8O5S4. The number of allylic oxidation sites excluding steroid dienone is 1. The van der Waals surface area contributed by atoms with Gasteiger partial charge in [0.05, 0.1) is 11.1 Å². The minimum absolute atomic E-state index is 0.0447. The number of nitrogens with zero attached hydrogens (tertiary/aromatic N) is 5. The SMILES string of the molecule is Nc1nnc(SCSC2=C(C(=O)O)N3C(=O)[C@@H](NC(=O)C(N=O)c4nc(N)sc4Cl)[C@H]3CC2)s1. The van der Waals surface area contributed by atoms with Gasteiger partial charge in [0.2, 0.25) is 11.2 Å². The molecule has 1 unspecified atom stereocenters. The van der Waals surface area contributed by atoms with Crippen LogP contribution in [0.15, 0.2) is 20.1 Å². The van der Waals surface area contributed by atoms with Crippen molar-refractivity contribution in [3.05, 3.63) is 25.5 Å². The fourth-order valence-electron chi connectivity index (χ4n) is 3.55. The summed E-state index contributed by atoms with van der Waals surface area (Å²) in [6, 6.07) is -3.14. The van der Waals surface area contributed by atoms with Crippen LogP contribution < -0.4 is 16.8 Å². The number of hydrogen-bond acceptors (Lipinski definition) is 14. The molecule has 0 aromatic carbocycles. The Morgan fingerprint density at radius 1 is 1.29 bits per heavy atom. The van der Waals surface area contributed by atoms with Gasteiger partial charge in [0.1, 0.15) is 21.8 Å². The summed E-state index contributed by atoms with van der Waals surface area (Å²) in [6.45, 7) is 0. The quantitative estimate of drug-likeness (QED) is 0.149. The minimum Gasteiger partial charge on any atom is -0.477 e. The number of nitrogens with one attached hydrogen (secondary N) is 1. The van der Waals surface area contributed by atoms with E-state index in [0.717, 1.165) is 11.3 Å². The van der Waals surface area contributed by atoms with Crippen molar-refractivity contribution in [2.75, 3.05) is 16.6 Å². The van der Waals surface area contributed by atoms with Crippen LogP contribution in [0.25, 0.3) is 0 Å². The van der Waals surface area contributed by atoms with Gasteiger partial charge in [0.15, 0.2) is 9.47 Å². The number of rotatable bonds is 9. The first kappa shape index (κ1) is 24.6. The first-order valence-corrected chi connectivity index (χ1v) is 13.4. The Hall–Kier alpha value is -2.47. The van der Waals surface area contributed by atoms with Gasteiger partial charge in [-0.1, -0.05) is 46.0 Å². The summed E-state index contributed by atoms with van der Waals surface area (Å²) < 4.78 is 0.697. The van der Waals surface area contributed by atoms with Crippen LogP contribution in [0, 0.1) is 4.91 Å². The number of amides is 2. The van der Waals surface area contributed by atoms with Gasteiger partial charge in [-0.05, 0) is 18.0 Å². The van der Waals surface area contributed by atoms with Crippen LogP contribution >= 0.6 is 57.8 Å². The van der Waals surface area contributed by atoms with Gasteiger partial charge >= 0.3 is 5.97 Å². The van der Waals surface area contributed by atoms with E-state index in [0.29, 0.717) is 32.3 Å². The van der Waals surface area contributed by atoms with Crippen LogP contribution in [0.5, 0.6) is 0 Å². The largest absolute Gasteiger partial charge is 0.477 e. The Labute approximate surface area is 212 Å². The first-order chi connectivity index (χ1) is 16.2. The van der Waals surface area contributed by atoms with Crippen molar-refractivity contribution in [2.24, 2.45) is 5.18 Å². The molecular weight excluding hydrogens is 548 g/mol. The second-order valence-corrected chi connectivity index (χ2v) is 12.2. The lowest BCUT2D eigenvalue weighted by molar-refractivity contribution is -0.156. The summed E-state index contributed by atoms with van der Waals surface area (Å²) >= 11 is 10.7. The molecule has 0 saturated carbocycles. The van der Waals surface area contributed by atoms with Gasteiger partial charge < -0.3 is 21.9 Å². The number of halogens is 1. The van der Waals surface area contributed by atoms with Gasteiger partial charge in [-0.2, -0.15) is 0 Å². The number of nitroso groups, excluding NO2 is 1. The van der Waals surface area contributed by atoms with Crippen molar-refractivity contribution >= 4 is 85.8 Å². The lowest BCUT2D eigenvalue weighted by atomic mass is 9.86. The van der Waals surface area contributed by atoms with Gasteiger partial charge in [-0.3, -0.25) is 14.5 Å². The molecule has 1 fully saturated rings. The third-order valence-electron chi connectivity index (χ3n) is 4.97. The van der Waals surface area contributed by atoms with Gasteiger partial charge in [-0.25, -0.2) is 9.78 Å². The number of anilines is 2. The molecule has 4 rings (SSSR count). The third-order valence-corrected chi connectivity index (χ3v) is 9.25. The topological polar surface area (TPSA) is 207 Å². The molecule has 1 saturated heterocycles. The zero-order chi connectivity index (χ0) is 24.6. The third kappa shape index (κ3) is 4.70. The molecule has 2 aromatic rings. The number of nitrogens with two attached hydrogens (primary N) is 2. The minimum atomic E-state index is -1.58. The van der Waals surface area contributed by atoms with E-state index in [2.05, 4.69) is 25.7 Å². The van der Waals surface area contributed by atoms with E-state index in [9.17, 15) is 24.4 Å². The summed E-state index contributed by atoms with van der Waals surface area (Å²) in [5.41, 5.74) is 10.9. The number of β-lactam (4-membered cyclic amide) rings is 1. The molecule has 180 valence electrons. The molecule has 4 heterocycles. The predicted molar refractivity (Wildman–Crippen MR) is 129 cm³/mol. The fraction of sp³-hybridized carbons (Fsp3) is 0.375. The van der Waals surface area contributed by atoms with Gasteiger partial charge in [0, 0.05) is 4.91 Å². The first-order valence-electron chi connectivity index (χ1n) is 9.39. The van der Waals surface area contributed by atoms with Crippen molar-refractivity contribution in [1.82, 2.24) is 25.4 Å². The number of aromatic nitrogens is 3. The van der Waals surface area contributed by atoms with E-state index in [4.69, 9.17) is 23.1 Å². The highest BCUT2D eigenvalue weighted by atomic mass is 35.5. The molecule has 0 bridgehead atoms. The van der Waals surface area contributed by atoms with E-state index < -0.39 is 35.9 Å². The van der Waals surface area contributed by atoms with Crippen LogP contribution in [0.1, 0.15) is 24.6 Å². The second kappa shape index (κ2) is 10.0. The molecule has 0 radical (unpaired) electrons. The number of thiazole rings is 1. The lowest BCUT2D eigenvalue weighted by Gasteiger charge is -2.50. The van der Waals surface area contributed by atoms with Crippen LogP contribution in [-0.4, -0.2) is 60.1 Å². The second-order valence-electron chi connectivity index (χ2n) is 6.91. The van der Waals surface area contributed by atoms with E-state index >= 15 is 0 Å². The Bertz CT molecular complexity index is 1200. The van der Waals surface area contributed by atoms with E-state index in [1.807, 2.05) is 0 Å². The number of fused-ring (bicyclic) bond motifs is 1. The summed E-state index contributed by atoms with van der Waals surface area (Å²) in [5.74, 6) is -2.70. The Morgan fingerprint density at radius 2 is 2.06 bits per heavy atom. The molecule has 2 aromatic heterocycles. The summed E-state index contributed by atoms with van der Waals surface area (Å²) in [7, 11) is 0. The van der Waals surface area contributed by atoms with Crippen LogP contribution in [0.3, 0.4) is 0 Å². The van der Waals surface area contributed by atoms with E-state index in [-0.39, 0.29) is 20.9 Å². The van der Waals surface area contributed by atoms with Crippen molar-refractivity contribution in [3.63, 3.8) is 0 Å². The van der Waals surface area contributed by atoms with Crippen molar-refractivity contribution < 1.29 is 19.5 Å². The monoisotopic (exact) mass is 562 g/mol. The number of carbonyl (C=O) groups is 3. The predicted octanol–water partition coefficient (Wildman–Crippen LogP) is 1.89. The number of carboxylic acids is 1. The van der Waals surface area contributed by atoms with E-state index in [1.165, 1.54) is 39.8 Å². The van der Waals surface area contributed by atoms with Crippen molar-refractivity contribution in [1.29, 1.82) is 0 Å². The van der Waals surface area contributed by atoms with E-state index in [1.54, 1.807) is 0 Å². The molecule has 3 atom stereocenters. The number of carbonyl (C=O) groups excluding carboxylic acids is 2. The van der Waals surface area contributed by atoms with Gasteiger partial charge in [0.25, 0.3) is 11.8 Å². The highest BCUT2D eigenvalue weighted by Gasteiger charge is 2.54. The molecule has 2 amide bonds. The molecule has 18 heteroatoms. The molecule has 2 aliphatic heterocycles. The number of thioether (sulfide) groups is 2. The summed E-state index contributed by atoms with van der Waals surface area (Å²) in [5, 5.41) is 23.5. The van der Waals surface area contributed by atoms with Crippen molar-refractivity contribution in [2.45, 2.75) is 35.3 Å². The Morgan fingerprint density at radius 3 is 2.65 bits per heavy atom. The normalized spacial score (nSPS) is 20.5. The summed E-state index contributed by atoms with van der Waals surface area (Å²) in [6.07, 6.45) is 0.825. The Balaban J connectivity index is 1.44. The van der Waals surface area contributed by atoms with Crippen LogP contribution in [0.2, 0.25) is 4.34 Å². The zero-order valence-corrected chi connectivity index (χ0v) is 20.9. The average molecular weight is 563 g/mol. The maximum Gasteiger partial charge on any atom is 0.353 e. The number of hydrogen-bond donors (Lipinski definition) is 4. The molecule has 2 aliphatic rings. The highest BCUT2D eigenvalue weighted by molar-refractivity contribution is 8.18. The maximum atomic E-state index is 12.8.